The number of nitrogens with two attached hydrogens (primary N) is 1. The maximum Gasteiger partial charge on any atom is 0.0682 e. The normalized spacial score (nSPS) is 11.3. The van der Waals surface area contributed by atoms with Crippen LogP contribution in [0.1, 0.15) is 43.7 Å². The highest BCUT2D eigenvalue weighted by atomic mass is 35.5. The van der Waals surface area contributed by atoms with Crippen LogP contribution in [0, 0.1) is 0 Å². The third-order valence-corrected chi connectivity index (χ3v) is 5.01. The zero-order valence-corrected chi connectivity index (χ0v) is 15.6. The molecule has 3 N–H and O–H groups in total. The molecule has 3 nitrogen and oxygen atoms in total. The van der Waals surface area contributed by atoms with Gasteiger partial charge in [0.1, 0.15) is 0 Å². The lowest BCUT2D eigenvalue weighted by Crippen LogP contribution is -1.99. The molecule has 0 fully saturated rings. The summed E-state index contributed by atoms with van der Waals surface area (Å²) in [5.74, 6) is 0. The van der Waals surface area contributed by atoms with Crippen LogP contribution in [0.25, 0.3) is 22.2 Å². The van der Waals surface area contributed by atoms with Gasteiger partial charge in [-0.2, -0.15) is 0 Å². The first-order valence-corrected chi connectivity index (χ1v) is 9.55. The van der Waals surface area contributed by atoms with E-state index in [1.54, 1.807) is 12.4 Å². The molecule has 0 radical (unpaired) electrons. The summed E-state index contributed by atoms with van der Waals surface area (Å²) >= 11 is 6.42. The predicted octanol–water partition coefficient (Wildman–Crippen LogP) is 5.51. The van der Waals surface area contributed by atoms with Crippen LogP contribution < -0.4 is 5.73 Å². The van der Waals surface area contributed by atoms with Gasteiger partial charge in [0.15, 0.2) is 0 Å². The second-order valence-electron chi connectivity index (χ2n) is 6.56. The van der Waals surface area contributed by atoms with Crippen molar-refractivity contribution >= 4 is 22.5 Å². The summed E-state index contributed by atoms with van der Waals surface area (Å²) < 4.78 is 0. The molecular weight excluding hydrogens is 330 g/mol. The molecule has 3 aromatic rings. The number of fused-ring (bicyclic) bond motifs is 1. The summed E-state index contributed by atoms with van der Waals surface area (Å²) in [5, 5.41) is 1.99. The summed E-state index contributed by atoms with van der Waals surface area (Å²) in [6.07, 6.45) is 10.2. The Balaban J connectivity index is 2.08. The van der Waals surface area contributed by atoms with Gasteiger partial charge in [0, 0.05) is 28.9 Å². The smallest absolute Gasteiger partial charge is 0.0682 e. The van der Waals surface area contributed by atoms with Gasteiger partial charge in [0.25, 0.3) is 0 Å². The molecule has 0 saturated carbocycles. The molecule has 2 aromatic heterocycles. The topological polar surface area (TPSA) is 54.7 Å². The molecule has 0 aliphatic rings. The summed E-state index contributed by atoms with van der Waals surface area (Å²) in [5.41, 5.74) is 11.8. The van der Waals surface area contributed by atoms with E-state index in [4.69, 9.17) is 17.3 Å². The molecule has 0 spiro atoms. The highest BCUT2D eigenvalue weighted by molar-refractivity contribution is 6.33. The predicted molar refractivity (Wildman–Crippen MR) is 107 cm³/mol. The van der Waals surface area contributed by atoms with E-state index >= 15 is 0 Å². The monoisotopic (exact) mass is 355 g/mol. The van der Waals surface area contributed by atoms with Crippen LogP contribution in [0.2, 0.25) is 5.02 Å². The third kappa shape index (κ3) is 4.05. The number of aromatic amines is 1. The number of hydrogen-bond donors (Lipinski definition) is 2. The van der Waals surface area contributed by atoms with E-state index in [2.05, 4.69) is 35.1 Å². The van der Waals surface area contributed by atoms with Gasteiger partial charge in [-0.15, -0.1) is 0 Å². The first-order valence-electron chi connectivity index (χ1n) is 9.18. The number of aromatic nitrogens is 2. The number of benzene rings is 1. The fourth-order valence-electron chi connectivity index (χ4n) is 3.34. The molecule has 132 valence electrons. The lowest BCUT2D eigenvalue weighted by Gasteiger charge is -2.07. The number of nitrogens with zero attached hydrogens (tertiary/aromatic N) is 1. The summed E-state index contributed by atoms with van der Waals surface area (Å²) in [4.78, 5) is 7.70. The number of hydrogen-bond acceptors (Lipinski definition) is 2. The average Bonchev–Trinajstić information content (AvgIpc) is 2.98. The van der Waals surface area contributed by atoms with Crippen molar-refractivity contribution in [1.82, 2.24) is 9.97 Å². The minimum atomic E-state index is 0.681. The van der Waals surface area contributed by atoms with Gasteiger partial charge < -0.3 is 10.7 Å². The number of unbranched alkanes of at least 4 members (excludes halogenated alkanes) is 2. The molecule has 0 saturated heterocycles. The molecule has 0 amide bonds. The van der Waals surface area contributed by atoms with Gasteiger partial charge in [0.05, 0.1) is 10.7 Å². The van der Waals surface area contributed by atoms with Crippen LogP contribution >= 0.6 is 11.6 Å². The van der Waals surface area contributed by atoms with Crippen molar-refractivity contribution in [3.05, 3.63) is 52.8 Å². The Kier molecular flexibility index (Phi) is 6.11. The number of rotatable bonds is 8. The van der Waals surface area contributed by atoms with Crippen molar-refractivity contribution in [3.63, 3.8) is 0 Å². The lowest BCUT2D eigenvalue weighted by atomic mass is 9.98. The van der Waals surface area contributed by atoms with Crippen LogP contribution in [0.4, 0.5) is 0 Å². The van der Waals surface area contributed by atoms with Crippen molar-refractivity contribution < 1.29 is 0 Å². The van der Waals surface area contributed by atoms with E-state index in [0.29, 0.717) is 5.02 Å². The fourth-order valence-corrected chi connectivity index (χ4v) is 3.56. The number of halogens is 1. The molecule has 4 heteroatoms. The van der Waals surface area contributed by atoms with Crippen molar-refractivity contribution in [2.24, 2.45) is 5.73 Å². The third-order valence-electron chi connectivity index (χ3n) is 4.71. The Bertz CT molecular complexity index is 838. The second kappa shape index (κ2) is 8.50. The fraction of sp³-hybridized carbons (Fsp3) is 0.381. The van der Waals surface area contributed by atoms with Gasteiger partial charge in [-0.3, -0.25) is 4.98 Å². The molecule has 0 aliphatic heterocycles. The van der Waals surface area contributed by atoms with Gasteiger partial charge >= 0.3 is 0 Å². The zero-order chi connectivity index (χ0) is 17.6. The van der Waals surface area contributed by atoms with Crippen LogP contribution in [0.15, 0.2) is 36.7 Å². The number of nitrogens with one attached hydrogen (secondary N) is 1. The van der Waals surface area contributed by atoms with Gasteiger partial charge in [-0.05, 0) is 68.0 Å². The first kappa shape index (κ1) is 18.0. The van der Waals surface area contributed by atoms with Gasteiger partial charge in [-0.1, -0.05) is 31.0 Å². The summed E-state index contributed by atoms with van der Waals surface area (Å²) in [6.45, 7) is 2.96. The Morgan fingerprint density at radius 1 is 1.12 bits per heavy atom. The highest BCUT2D eigenvalue weighted by Crippen LogP contribution is 2.35. The highest BCUT2D eigenvalue weighted by Gasteiger charge is 2.15. The minimum Gasteiger partial charge on any atom is -0.354 e. The Morgan fingerprint density at radius 3 is 2.76 bits per heavy atom. The zero-order valence-electron chi connectivity index (χ0n) is 14.8. The van der Waals surface area contributed by atoms with Crippen molar-refractivity contribution in [1.29, 1.82) is 0 Å². The van der Waals surface area contributed by atoms with Crippen molar-refractivity contribution in [2.75, 3.05) is 6.54 Å². The van der Waals surface area contributed by atoms with Crippen molar-refractivity contribution in [3.8, 4) is 11.3 Å². The van der Waals surface area contributed by atoms with Crippen LogP contribution in [-0.2, 0) is 12.8 Å². The lowest BCUT2D eigenvalue weighted by molar-refractivity contribution is 0.748. The average molecular weight is 356 g/mol. The molecule has 0 bridgehead atoms. The molecule has 2 heterocycles. The molecule has 1 aromatic carbocycles. The van der Waals surface area contributed by atoms with Crippen molar-refractivity contribution in [2.45, 2.75) is 45.4 Å². The van der Waals surface area contributed by atoms with E-state index in [0.717, 1.165) is 43.5 Å². The summed E-state index contributed by atoms with van der Waals surface area (Å²) in [7, 11) is 0. The van der Waals surface area contributed by atoms with Gasteiger partial charge in [0.2, 0.25) is 0 Å². The Hall–Kier alpha value is -1.84. The summed E-state index contributed by atoms with van der Waals surface area (Å²) in [6, 6.07) is 8.76. The van der Waals surface area contributed by atoms with Gasteiger partial charge in [-0.25, -0.2) is 0 Å². The van der Waals surface area contributed by atoms with E-state index in [-0.39, 0.29) is 0 Å². The van der Waals surface area contributed by atoms with Crippen LogP contribution in [0.3, 0.4) is 0 Å². The first-order chi connectivity index (χ1) is 12.2. The maximum atomic E-state index is 6.42. The van der Waals surface area contributed by atoms with E-state index in [1.165, 1.54) is 34.9 Å². The molecule has 25 heavy (non-hydrogen) atoms. The second-order valence-corrected chi connectivity index (χ2v) is 6.97. The maximum absolute atomic E-state index is 6.42. The largest absolute Gasteiger partial charge is 0.354 e. The molecule has 0 atom stereocenters. The van der Waals surface area contributed by atoms with E-state index < -0.39 is 0 Å². The quantitative estimate of drug-likeness (QED) is 0.523. The Morgan fingerprint density at radius 2 is 2.00 bits per heavy atom. The van der Waals surface area contributed by atoms with E-state index in [9.17, 15) is 0 Å². The van der Waals surface area contributed by atoms with E-state index in [1.807, 2.05) is 6.07 Å². The number of pyridine rings is 1. The Labute approximate surface area is 154 Å². The number of H-pyrrole nitrogens is 1. The molecule has 0 aliphatic carbocycles. The van der Waals surface area contributed by atoms with Crippen LogP contribution in [-0.4, -0.2) is 16.5 Å². The number of aryl methyl sites for hydroxylation is 2. The van der Waals surface area contributed by atoms with Crippen LogP contribution in [0.5, 0.6) is 0 Å². The molecule has 0 unspecified atom stereocenters. The molecular formula is C21H26ClN3. The standard InChI is InChI=1S/C21H26ClN3/c1-2-3-6-15-8-9-20-18(13-15)16(7-4-5-11-23)21(25-20)17-10-12-24-14-19(17)22/h8-10,12-14,25H,2-7,11,23H2,1H3. The minimum absolute atomic E-state index is 0.681. The molecule has 3 rings (SSSR count). The SMILES string of the molecule is CCCCc1ccc2[nH]c(-c3ccncc3Cl)c(CCCCN)c2c1.